The van der Waals surface area contributed by atoms with Gasteiger partial charge in [-0.25, -0.2) is 9.18 Å². The molecule has 0 aliphatic rings. The van der Waals surface area contributed by atoms with Gasteiger partial charge in [-0.1, -0.05) is 0 Å². The van der Waals surface area contributed by atoms with Crippen LogP contribution in [-0.4, -0.2) is 29.8 Å². The molecule has 0 bridgehead atoms. The second-order valence-electron chi connectivity index (χ2n) is 6.53. The molecule has 1 unspecified atom stereocenters. The molecular weight excluding hydrogens is 453 g/mol. The Labute approximate surface area is 176 Å². The van der Waals surface area contributed by atoms with Crippen molar-refractivity contribution in [2.75, 3.05) is 6.61 Å². The van der Waals surface area contributed by atoms with Crippen molar-refractivity contribution in [3.05, 3.63) is 70.5 Å². The van der Waals surface area contributed by atoms with Crippen LogP contribution in [0.1, 0.15) is 40.1 Å². The second kappa shape index (κ2) is 9.65. The quantitative estimate of drug-likeness (QED) is 0.326. The van der Waals surface area contributed by atoms with E-state index >= 15 is 0 Å². The Morgan fingerprint density at radius 3 is 1.88 bits per heavy atom. The van der Waals surface area contributed by atoms with Crippen molar-refractivity contribution in [2.45, 2.75) is 31.7 Å². The van der Waals surface area contributed by atoms with E-state index in [4.69, 9.17) is 14.6 Å². The van der Waals surface area contributed by atoms with Gasteiger partial charge in [0.1, 0.15) is 12.4 Å². The zero-order valence-corrected chi connectivity index (χ0v) is 16.1. The van der Waals surface area contributed by atoms with E-state index in [9.17, 15) is 40.3 Å². The highest BCUT2D eigenvalue weighted by atomic mass is 19.4. The molecular formula is C20H15F7O5. The molecule has 174 valence electrons. The number of halogens is 7. The minimum atomic E-state index is -5.10. The van der Waals surface area contributed by atoms with Gasteiger partial charge in [-0.2, -0.15) is 26.3 Å². The Morgan fingerprint density at radius 1 is 0.938 bits per heavy atom. The van der Waals surface area contributed by atoms with Crippen LogP contribution in [0.2, 0.25) is 0 Å². The van der Waals surface area contributed by atoms with E-state index < -0.39 is 65.6 Å². The van der Waals surface area contributed by atoms with Crippen LogP contribution in [0, 0.1) is 5.82 Å². The molecule has 0 aliphatic carbocycles. The third kappa shape index (κ3) is 6.76. The van der Waals surface area contributed by atoms with Crippen LogP contribution in [0.3, 0.4) is 0 Å². The molecule has 0 aliphatic heterocycles. The third-order valence-electron chi connectivity index (χ3n) is 4.11. The van der Waals surface area contributed by atoms with E-state index in [0.29, 0.717) is 12.1 Å². The molecule has 2 aromatic carbocycles. The number of carboxylic acids is 1. The van der Waals surface area contributed by atoms with Crippen LogP contribution in [0.15, 0.2) is 42.5 Å². The smallest absolute Gasteiger partial charge is 0.416 e. The molecule has 0 saturated heterocycles. The molecule has 32 heavy (non-hydrogen) atoms. The molecule has 0 radical (unpaired) electrons. The van der Waals surface area contributed by atoms with E-state index in [-0.39, 0.29) is 11.6 Å². The molecule has 12 heteroatoms. The molecule has 2 rings (SSSR count). The lowest BCUT2D eigenvalue weighted by Gasteiger charge is -2.23. The van der Waals surface area contributed by atoms with Crippen molar-refractivity contribution < 1.29 is 54.9 Å². The van der Waals surface area contributed by atoms with Gasteiger partial charge >= 0.3 is 18.3 Å². The van der Waals surface area contributed by atoms with Gasteiger partial charge in [-0.05, 0) is 55.0 Å². The molecule has 2 aromatic rings. The maximum atomic E-state index is 13.1. The first-order valence-electron chi connectivity index (χ1n) is 8.76. The first-order valence-corrected chi connectivity index (χ1v) is 8.76. The zero-order valence-electron chi connectivity index (χ0n) is 16.1. The van der Waals surface area contributed by atoms with Crippen LogP contribution in [0.4, 0.5) is 30.7 Å². The summed E-state index contributed by atoms with van der Waals surface area (Å²) < 4.78 is 102. The number of rotatable bonds is 8. The molecule has 0 amide bonds. The molecule has 0 aromatic heterocycles. The monoisotopic (exact) mass is 468 g/mol. The predicted octanol–water partition coefficient (Wildman–Crippen LogP) is 5.25. The van der Waals surface area contributed by atoms with Crippen molar-refractivity contribution in [2.24, 2.45) is 0 Å². The summed E-state index contributed by atoms with van der Waals surface area (Å²) in [5.41, 5.74) is -3.95. The number of Topliss-reactive ketones (excluding diaryl/α,β-unsaturated/α-hetero) is 1. The first kappa shape index (κ1) is 25.3. The van der Waals surface area contributed by atoms with Crippen LogP contribution < -0.4 is 0 Å². The largest absolute Gasteiger partial charge is 0.480 e. The Bertz CT molecular complexity index is 936. The third-order valence-corrected chi connectivity index (χ3v) is 4.11. The maximum absolute atomic E-state index is 13.1. The van der Waals surface area contributed by atoms with Crippen molar-refractivity contribution in [3.63, 3.8) is 0 Å². The summed E-state index contributed by atoms with van der Waals surface area (Å²) in [7, 11) is 0. The lowest BCUT2D eigenvalue weighted by molar-refractivity contribution is -0.166. The minimum absolute atomic E-state index is 0.0711. The molecule has 0 heterocycles. The number of carbonyl (C=O) groups excluding carboxylic acids is 1. The fourth-order valence-corrected chi connectivity index (χ4v) is 2.55. The van der Waals surface area contributed by atoms with E-state index in [0.717, 1.165) is 31.2 Å². The van der Waals surface area contributed by atoms with Crippen molar-refractivity contribution in [3.8, 4) is 0 Å². The van der Waals surface area contributed by atoms with Crippen molar-refractivity contribution in [1.82, 2.24) is 0 Å². The Hall–Kier alpha value is -2.99. The SMILES string of the molecule is CC(O[C@@H](OCC(=O)O)C(=O)c1ccc(F)cc1)c1cc(C(F)(F)F)cc(C(F)(F)F)c1. The van der Waals surface area contributed by atoms with E-state index in [2.05, 4.69) is 0 Å². The fraction of sp³-hybridized carbons (Fsp3) is 0.300. The summed E-state index contributed by atoms with van der Waals surface area (Å²) in [5, 5.41) is 8.76. The van der Waals surface area contributed by atoms with Gasteiger partial charge < -0.3 is 14.6 Å². The number of benzene rings is 2. The van der Waals surface area contributed by atoms with E-state index in [1.165, 1.54) is 0 Å². The normalized spacial score (nSPS) is 14.1. The average Bonchev–Trinajstić information content (AvgIpc) is 2.69. The summed E-state index contributed by atoms with van der Waals surface area (Å²) in [6.07, 6.45) is -13.8. The maximum Gasteiger partial charge on any atom is 0.416 e. The molecule has 5 nitrogen and oxygen atoms in total. The molecule has 0 spiro atoms. The molecule has 1 N–H and O–H groups in total. The van der Waals surface area contributed by atoms with Crippen LogP contribution in [0.25, 0.3) is 0 Å². The highest BCUT2D eigenvalue weighted by molar-refractivity contribution is 5.98. The zero-order chi connectivity index (χ0) is 24.3. The van der Waals surface area contributed by atoms with Gasteiger partial charge in [-0.3, -0.25) is 4.79 Å². The standard InChI is InChI=1S/C20H15F7O5/c1-10(12-6-13(19(22,23)24)8-14(7-12)20(25,26)27)32-18(31-9-16(28)29)17(30)11-2-4-15(21)5-3-11/h2-8,10,18H,9H2,1H3,(H,28,29)/t10?,18-/m1/s1. The topological polar surface area (TPSA) is 72.8 Å². The summed E-state index contributed by atoms with van der Waals surface area (Å²) in [6.45, 7) is 0.00538. The number of hydrogen-bond donors (Lipinski definition) is 1. The summed E-state index contributed by atoms with van der Waals surface area (Å²) in [6, 6.07) is 4.62. The lowest BCUT2D eigenvalue weighted by Crippen LogP contribution is -2.31. The van der Waals surface area contributed by atoms with Crippen molar-refractivity contribution in [1.29, 1.82) is 0 Å². The highest BCUT2D eigenvalue weighted by Crippen LogP contribution is 2.38. The highest BCUT2D eigenvalue weighted by Gasteiger charge is 2.38. The molecule has 0 fully saturated rings. The number of ether oxygens (including phenoxy) is 2. The van der Waals surface area contributed by atoms with Crippen LogP contribution in [0.5, 0.6) is 0 Å². The number of hydrogen-bond acceptors (Lipinski definition) is 4. The Kier molecular flexibility index (Phi) is 7.62. The fourth-order valence-electron chi connectivity index (χ4n) is 2.55. The van der Waals surface area contributed by atoms with Gasteiger partial charge in [0.05, 0.1) is 17.2 Å². The summed E-state index contributed by atoms with van der Waals surface area (Å²) in [4.78, 5) is 23.3. The van der Waals surface area contributed by atoms with Gasteiger partial charge in [0, 0.05) is 5.56 Å². The van der Waals surface area contributed by atoms with E-state index in [1.54, 1.807) is 0 Å². The van der Waals surface area contributed by atoms with Gasteiger partial charge in [-0.15, -0.1) is 0 Å². The Morgan fingerprint density at radius 2 is 1.44 bits per heavy atom. The molecule has 2 atom stereocenters. The average molecular weight is 468 g/mol. The molecule has 0 saturated carbocycles. The second-order valence-corrected chi connectivity index (χ2v) is 6.53. The first-order chi connectivity index (χ1) is 14.7. The number of alkyl halides is 6. The summed E-state index contributed by atoms with van der Waals surface area (Å²) >= 11 is 0. The van der Waals surface area contributed by atoms with Gasteiger partial charge in [0.25, 0.3) is 0 Å². The number of carbonyl (C=O) groups is 2. The minimum Gasteiger partial charge on any atom is -0.480 e. The number of ketones is 1. The summed E-state index contributed by atoms with van der Waals surface area (Å²) in [5.74, 6) is -3.22. The number of carboxylic acid groups (broad SMARTS) is 1. The van der Waals surface area contributed by atoms with Crippen LogP contribution in [-0.2, 0) is 26.6 Å². The van der Waals surface area contributed by atoms with Crippen molar-refractivity contribution >= 4 is 11.8 Å². The number of aliphatic carboxylic acids is 1. The van der Waals surface area contributed by atoms with Crippen LogP contribution >= 0.6 is 0 Å². The van der Waals surface area contributed by atoms with E-state index in [1.807, 2.05) is 0 Å². The van der Waals surface area contributed by atoms with Gasteiger partial charge in [0.15, 0.2) is 0 Å². The Balaban J connectivity index is 2.39. The predicted molar refractivity (Wildman–Crippen MR) is 94.1 cm³/mol. The lowest BCUT2D eigenvalue weighted by atomic mass is 10.0. The van der Waals surface area contributed by atoms with Gasteiger partial charge in [0.2, 0.25) is 12.1 Å².